The van der Waals surface area contributed by atoms with Crippen molar-refractivity contribution in [2.75, 3.05) is 19.6 Å². The highest BCUT2D eigenvalue weighted by atomic mass is 19.1. The summed E-state index contributed by atoms with van der Waals surface area (Å²) in [5.41, 5.74) is 5.09. The number of hydrogen-bond donors (Lipinski definition) is 2. The van der Waals surface area contributed by atoms with Gasteiger partial charge in [-0.3, -0.25) is 14.5 Å². The molecule has 1 heterocycles. The summed E-state index contributed by atoms with van der Waals surface area (Å²) in [6.07, 6.45) is 1.33. The van der Waals surface area contributed by atoms with Crippen molar-refractivity contribution in [2.45, 2.75) is 18.9 Å². The van der Waals surface area contributed by atoms with Gasteiger partial charge in [-0.15, -0.1) is 0 Å². The van der Waals surface area contributed by atoms with Gasteiger partial charge >= 0.3 is 0 Å². The fraction of sp³-hybridized carbons (Fsp3) is 0.429. The molecule has 2 amide bonds. The highest BCUT2D eigenvalue weighted by Crippen LogP contribution is 2.12. The fourth-order valence-electron chi connectivity index (χ4n) is 2.41. The summed E-state index contributed by atoms with van der Waals surface area (Å²) in [7, 11) is 0. The number of piperidine rings is 1. The van der Waals surface area contributed by atoms with E-state index < -0.39 is 17.5 Å². The zero-order valence-electron chi connectivity index (χ0n) is 11.4. The van der Waals surface area contributed by atoms with Crippen molar-refractivity contribution in [3.63, 3.8) is 0 Å². The minimum Gasteiger partial charge on any atom is -0.369 e. The van der Waals surface area contributed by atoms with E-state index in [1.54, 1.807) is 0 Å². The molecule has 1 aliphatic heterocycles. The molecule has 1 saturated heterocycles. The van der Waals surface area contributed by atoms with E-state index in [2.05, 4.69) is 5.32 Å². The van der Waals surface area contributed by atoms with Gasteiger partial charge < -0.3 is 11.1 Å². The summed E-state index contributed by atoms with van der Waals surface area (Å²) in [6, 6.07) is 2.65. The molecule has 0 atom stereocenters. The molecule has 114 valence electrons. The average molecular weight is 297 g/mol. The summed E-state index contributed by atoms with van der Waals surface area (Å²) >= 11 is 0. The molecule has 0 unspecified atom stereocenters. The lowest BCUT2D eigenvalue weighted by Gasteiger charge is -2.31. The van der Waals surface area contributed by atoms with E-state index in [1.807, 2.05) is 4.90 Å². The Morgan fingerprint density at radius 2 is 1.76 bits per heavy atom. The molecule has 1 aromatic carbocycles. The predicted octanol–water partition coefficient (Wildman–Crippen LogP) is 0.644. The summed E-state index contributed by atoms with van der Waals surface area (Å²) in [5, 5.41) is 2.75. The van der Waals surface area contributed by atoms with Crippen molar-refractivity contribution >= 4 is 11.8 Å². The molecule has 0 aromatic heterocycles. The van der Waals surface area contributed by atoms with Crippen molar-refractivity contribution in [2.24, 2.45) is 5.73 Å². The number of hydrogen-bond acceptors (Lipinski definition) is 3. The average Bonchev–Trinajstić information content (AvgIpc) is 2.39. The molecule has 5 nitrogen and oxygen atoms in total. The lowest BCUT2D eigenvalue weighted by Crippen LogP contribution is -2.46. The number of nitrogens with zero attached hydrogens (tertiary/aromatic N) is 1. The first-order valence-electron chi connectivity index (χ1n) is 6.71. The number of amides is 2. The van der Waals surface area contributed by atoms with Crippen LogP contribution in [0, 0.1) is 11.6 Å². The van der Waals surface area contributed by atoms with Crippen molar-refractivity contribution in [3.8, 4) is 0 Å². The molecule has 0 saturated carbocycles. The number of halogens is 2. The number of rotatable bonds is 4. The largest absolute Gasteiger partial charge is 0.369 e. The SMILES string of the molecule is NC(=O)CN1CCC(NC(=O)c2cc(F)cc(F)c2)CC1. The normalized spacial score (nSPS) is 16.7. The Hall–Kier alpha value is -2.02. The molecule has 21 heavy (non-hydrogen) atoms. The van der Waals surface area contributed by atoms with Crippen LogP contribution in [0.1, 0.15) is 23.2 Å². The smallest absolute Gasteiger partial charge is 0.251 e. The Balaban J connectivity index is 1.88. The van der Waals surface area contributed by atoms with Crippen LogP contribution in [0.4, 0.5) is 8.78 Å². The van der Waals surface area contributed by atoms with Crippen LogP contribution in [-0.4, -0.2) is 42.4 Å². The maximum atomic E-state index is 13.1. The first-order chi connectivity index (χ1) is 9.94. The van der Waals surface area contributed by atoms with Crippen molar-refractivity contribution < 1.29 is 18.4 Å². The van der Waals surface area contributed by atoms with Crippen molar-refractivity contribution in [1.82, 2.24) is 10.2 Å². The second kappa shape index (κ2) is 6.62. The van der Waals surface area contributed by atoms with Gasteiger partial charge in [0.05, 0.1) is 6.54 Å². The Labute approximate surface area is 121 Å². The summed E-state index contributed by atoms with van der Waals surface area (Å²) < 4.78 is 26.1. The second-order valence-electron chi connectivity index (χ2n) is 5.15. The van der Waals surface area contributed by atoms with Gasteiger partial charge in [0.15, 0.2) is 0 Å². The van der Waals surface area contributed by atoms with E-state index >= 15 is 0 Å². The molecule has 0 radical (unpaired) electrons. The van der Waals surface area contributed by atoms with E-state index in [0.29, 0.717) is 25.9 Å². The van der Waals surface area contributed by atoms with E-state index in [9.17, 15) is 18.4 Å². The molecule has 7 heteroatoms. The van der Waals surface area contributed by atoms with Gasteiger partial charge in [0.2, 0.25) is 5.91 Å². The number of primary amides is 1. The van der Waals surface area contributed by atoms with E-state index in [4.69, 9.17) is 5.73 Å². The third-order valence-corrected chi connectivity index (χ3v) is 3.43. The Kier molecular flexibility index (Phi) is 4.85. The van der Waals surface area contributed by atoms with Crippen LogP contribution in [0.3, 0.4) is 0 Å². The Bertz CT molecular complexity index is 523. The van der Waals surface area contributed by atoms with E-state index in [1.165, 1.54) is 0 Å². The van der Waals surface area contributed by atoms with Gasteiger partial charge in [-0.2, -0.15) is 0 Å². The minimum atomic E-state index is -0.781. The number of likely N-dealkylation sites (tertiary alicyclic amines) is 1. The van der Waals surface area contributed by atoms with Gasteiger partial charge in [-0.1, -0.05) is 0 Å². The monoisotopic (exact) mass is 297 g/mol. The zero-order chi connectivity index (χ0) is 15.4. The van der Waals surface area contributed by atoms with Crippen LogP contribution in [0.2, 0.25) is 0 Å². The van der Waals surface area contributed by atoms with Crippen molar-refractivity contribution in [3.05, 3.63) is 35.4 Å². The molecule has 1 aromatic rings. The molecule has 0 bridgehead atoms. The number of benzene rings is 1. The molecular weight excluding hydrogens is 280 g/mol. The number of carbonyl (C=O) groups excluding carboxylic acids is 2. The third-order valence-electron chi connectivity index (χ3n) is 3.43. The maximum absolute atomic E-state index is 13.1. The van der Waals surface area contributed by atoms with Gasteiger partial charge in [-0.25, -0.2) is 8.78 Å². The van der Waals surface area contributed by atoms with Gasteiger partial charge in [0, 0.05) is 30.8 Å². The number of carbonyl (C=O) groups is 2. The first-order valence-corrected chi connectivity index (χ1v) is 6.71. The predicted molar refractivity (Wildman–Crippen MR) is 72.5 cm³/mol. The topological polar surface area (TPSA) is 75.4 Å². The molecule has 3 N–H and O–H groups in total. The fourth-order valence-corrected chi connectivity index (χ4v) is 2.41. The van der Waals surface area contributed by atoms with E-state index in [-0.39, 0.29) is 24.1 Å². The van der Waals surface area contributed by atoms with Gasteiger partial charge in [-0.05, 0) is 25.0 Å². The van der Waals surface area contributed by atoms with E-state index in [0.717, 1.165) is 18.2 Å². The minimum absolute atomic E-state index is 0.0351. The number of nitrogens with two attached hydrogens (primary N) is 1. The molecular formula is C14H17F2N3O2. The third kappa shape index (κ3) is 4.49. The number of nitrogens with one attached hydrogen (secondary N) is 1. The Morgan fingerprint density at radius 1 is 1.19 bits per heavy atom. The maximum Gasteiger partial charge on any atom is 0.251 e. The highest BCUT2D eigenvalue weighted by Gasteiger charge is 2.22. The highest BCUT2D eigenvalue weighted by molar-refractivity contribution is 5.94. The van der Waals surface area contributed by atoms with Crippen LogP contribution in [0.15, 0.2) is 18.2 Å². The molecule has 0 aliphatic carbocycles. The molecule has 0 spiro atoms. The first kappa shape index (κ1) is 15.4. The summed E-state index contributed by atoms with van der Waals surface area (Å²) in [6.45, 7) is 1.49. The van der Waals surface area contributed by atoms with Crippen LogP contribution < -0.4 is 11.1 Å². The lowest BCUT2D eigenvalue weighted by molar-refractivity contribution is -0.119. The van der Waals surface area contributed by atoms with Gasteiger partial charge in [0.25, 0.3) is 5.91 Å². The quantitative estimate of drug-likeness (QED) is 0.856. The van der Waals surface area contributed by atoms with Crippen LogP contribution in [0.5, 0.6) is 0 Å². The van der Waals surface area contributed by atoms with Crippen LogP contribution >= 0.6 is 0 Å². The van der Waals surface area contributed by atoms with Gasteiger partial charge in [0.1, 0.15) is 11.6 Å². The van der Waals surface area contributed by atoms with Crippen LogP contribution in [0.25, 0.3) is 0 Å². The molecule has 1 fully saturated rings. The Morgan fingerprint density at radius 3 is 2.29 bits per heavy atom. The lowest BCUT2D eigenvalue weighted by atomic mass is 10.0. The zero-order valence-corrected chi connectivity index (χ0v) is 11.4. The molecule has 2 rings (SSSR count). The molecule has 1 aliphatic rings. The second-order valence-corrected chi connectivity index (χ2v) is 5.15. The summed E-state index contributed by atoms with van der Waals surface area (Å²) in [4.78, 5) is 24.7. The van der Waals surface area contributed by atoms with Crippen molar-refractivity contribution in [1.29, 1.82) is 0 Å². The van der Waals surface area contributed by atoms with Crippen LogP contribution in [-0.2, 0) is 4.79 Å². The standard InChI is InChI=1S/C14H17F2N3O2/c15-10-5-9(6-11(16)7-10)14(21)18-12-1-3-19(4-2-12)8-13(17)20/h5-7,12H,1-4,8H2,(H2,17,20)(H,18,21). The summed E-state index contributed by atoms with van der Waals surface area (Å²) in [5.74, 6) is -2.44.